The van der Waals surface area contributed by atoms with E-state index in [0.717, 1.165) is 24.8 Å². The van der Waals surface area contributed by atoms with Crippen molar-refractivity contribution in [3.05, 3.63) is 12.2 Å². The van der Waals surface area contributed by atoms with Gasteiger partial charge in [0.05, 0.1) is 5.41 Å². The SMILES string of the molecule is C=C(C)C1CCC(C)CC1OC(=O)C12CCC(C)(C(=O)O1)C2(C)C. The third-order valence-electron chi connectivity index (χ3n) is 7.36. The highest BCUT2D eigenvalue weighted by Gasteiger charge is 2.76. The molecule has 2 saturated carbocycles. The van der Waals surface area contributed by atoms with Crippen LogP contribution >= 0.6 is 0 Å². The molecule has 0 amide bonds. The molecule has 3 fully saturated rings. The van der Waals surface area contributed by atoms with Gasteiger partial charge in [0.25, 0.3) is 0 Å². The second kappa shape index (κ2) is 5.34. The zero-order chi connectivity index (χ0) is 17.9. The van der Waals surface area contributed by atoms with Crippen molar-refractivity contribution in [1.82, 2.24) is 0 Å². The lowest BCUT2D eigenvalue weighted by Gasteiger charge is -2.39. The maximum atomic E-state index is 13.1. The molecule has 5 unspecified atom stereocenters. The maximum absolute atomic E-state index is 13.1. The van der Waals surface area contributed by atoms with Crippen LogP contribution in [0.5, 0.6) is 0 Å². The molecule has 4 nitrogen and oxygen atoms in total. The first-order valence-electron chi connectivity index (χ1n) is 9.15. The van der Waals surface area contributed by atoms with Gasteiger partial charge in [0, 0.05) is 11.3 Å². The molecule has 3 rings (SSSR count). The van der Waals surface area contributed by atoms with Gasteiger partial charge in [0.2, 0.25) is 5.60 Å². The van der Waals surface area contributed by atoms with Gasteiger partial charge < -0.3 is 9.47 Å². The van der Waals surface area contributed by atoms with Crippen LogP contribution in [0.1, 0.15) is 66.7 Å². The Hall–Kier alpha value is -1.32. The Morgan fingerprint density at radius 3 is 2.42 bits per heavy atom. The smallest absolute Gasteiger partial charge is 0.351 e. The molecular weight excluding hydrogens is 304 g/mol. The van der Waals surface area contributed by atoms with Gasteiger partial charge in [0.1, 0.15) is 6.10 Å². The molecule has 1 saturated heterocycles. The van der Waals surface area contributed by atoms with E-state index in [0.29, 0.717) is 18.8 Å². The standard InChI is InChI=1S/C20H30O4/c1-12(2)14-8-7-13(3)11-15(14)23-17(22)20-10-9-19(6,16(21)24-20)18(20,4)5/h13-15H,1,7-11H2,2-6H3. The van der Waals surface area contributed by atoms with Crippen LogP contribution in [0.25, 0.3) is 0 Å². The molecule has 24 heavy (non-hydrogen) atoms. The highest BCUT2D eigenvalue weighted by Crippen LogP contribution is 2.66. The Kier molecular flexibility index (Phi) is 3.89. The zero-order valence-corrected chi connectivity index (χ0v) is 15.6. The van der Waals surface area contributed by atoms with Crippen molar-refractivity contribution in [3.63, 3.8) is 0 Å². The molecule has 2 aliphatic carbocycles. The van der Waals surface area contributed by atoms with Crippen LogP contribution in [-0.4, -0.2) is 23.6 Å². The minimum atomic E-state index is -1.13. The van der Waals surface area contributed by atoms with Gasteiger partial charge in [0.15, 0.2) is 0 Å². The second-order valence-corrected chi connectivity index (χ2v) is 8.99. The van der Waals surface area contributed by atoms with Crippen LogP contribution in [0.2, 0.25) is 0 Å². The topological polar surface area (TPSA) is 52.6 Å². The van der Waals surface area contributed by atoms with Gasteiger partial charge in [-0.3, -0.25) is 4.79 Å². The van der Waals surface area contributed by atoms with Crippen molar-refractivity contribution in [1.29, 1.82) is 0 Å². The molecule has 0 radical (unpaired) electrons. The van der Waals surface area contributed by atoms with E-state index in [1.54, 1.807) is 0 Å². The molecule has 134 valence electrons. The molecule has 5 atom stereocenters. The summed E-state index contributed by atoms with van der Waals surface area (Å²) in [5.74, 6) is 0.120. The van der Waals surface area contributed by atoms with E-state index in [1.165, 1.54) is 0 Å². The van der Waals surface area contributed by atoms with Crippen LogP contribution in [-0.2, 0) is 19.1 Å². The average molecular weight is 334 g/mol. The molecule has 1 heterocycles. The zero-order valence-electron chi connectivity index (χ0n) is 15.6. The van der Waals surface area contributed by atoms with Gasteiger partial charge in [-0.2, -0.15) is 0 Å². The maximum Gasteiger partial charge on any atom is 0.351 e. The first-order valence-corrected chi connectivity index (χ1v) is 9.15. The molecule has 4 heteroatoms. The summed E-state index contributed by atoms with van der Waals surface area (Å²) in [4.78, 5) is 25.5. The van der Waals surface area contributed by atoms with Crippen molar-refractivity contribution in [3.8, 4) is 0 Å². The van der Waals surface area contributed by atoms with E-state index in [1.807, 2.05) is 27.7 Å². The fraction of sp³-hybridized carbons (Fsp3) is 0.800. The molecule has 0 spiro atoms. The lowest BCUT2D eigenvalue weighted by atomic mass is 9.66. The number of rotatable bonds is 3. The van der Waals surface area contributed by atoms with Crippen molar-refractivity contribution >= 4 is 11.9 Å². The molecular formula is C20H30O4. The number of esters is 2. The van der Waals surface area contributed by atoms with Crippen molar-refractivity contribution in [2.75, 3.05) is 0 Å². The third kappa shape index (κ3) is 2.11. The minimum absolute atomic E-state index is 0.157. The molecule has 3 aliphatic rings. The van der Waals surface area contributed by atoms with Crippen molar-refractivity contribution in [2.45, 2.75) is 78.4 Å². The highest BCUT2D eigenvalue weighted by atomic mass is 16.6. The van der Waals surface area contributed by atoms with E-state index in [4.69, 9.17) is 9.47 Å². The summed E-state index contributed by atoms with van der Waals surface area (Å²) in [5, 5.41) is 0. The lowest BCUT2D eigenvalue weighted by Crippen LogP contribution is -2.51. The van der Waals surface area contributed by atoms with E-state index in [-0.39, 0.29) is 24.0 Å². The van der Waals surface area contributed by atoms with E-state index >= 15 is 0 Å². The van der Waals surface area contributed by atoms with Crippen LogP contribution in [0.3, 0.4) is 0 Å². The molecule has 0 N–H and O–H groups in total. The second-order valence-electron chi connectivity index (χ2n) is 8.99. The largest absolute Gasteiger partial charge is 0.459 e. The third-order valence-corrected chi connectivity index (χ3v) is 7.36. The molecule has 0 aromatic heterocycles. The normalized spacial score (nSPS) is 43.4. The summed E-state index contributed by atoms with van der Waals surface area (Å²) in [7, 11) is 0. The summed E-state index contributed by atoms with van der Waals surface area (Å²) in [6.45, 7) is 14.1. The van der Waals surface area contributed by atoms with Crippen molar-refractivity contribution < 1.29 is 19.1 Å². The summed E-state index contributed by atoms with van der Waals surface area (Å²) >= 11 is 0. The Bertz CT molecular complexity index is 592. The summed E-state index contributed by atoms with van der Waals surface area (Å²) in [5.41, 5.74) is -1.21. The van der Waals surface area contributed by atoms with Crippen LogP contribution in [0.4, 0.5) is 0 Å². The first-order chi connectivity index (χ1) is 11.0. The number of carbonyl (C=O) groups excluding carboxylic acids is 2. The van der Waals surface area contributed by atoms with Gasteiger partial charge in [-0.25, -0.2) is 4.79 Å². The van der Waals surface area contributed by atoms with Crippen LogP contribution in [0.15, 0.2) is 12.2 Å². The fourth-order valence-corrected chi connectivity index (χ4v) is 4.96. The molecule has 1 aliphatic heterocycles. The van der Waals surface area contributed by atoms with Crippen LogP contribution < -0.4 is 0 Å². The number of hydrogen-bond acceptors (Lipinski definition) is 4. The predicted molar refractivity (Wildman–Crippen MR) is 91.1 cm³/mol. The molecule has 0 aromatic rings. The predicted octanol–water partition coefficient (Wildman–Crippen LogP) is 4.03. The highest BCUT2D eigenvalue weighted by molar-refractivity contribution is 5.93. The van der Waals surface area contributed by atoms with Gasteiger partial charge in [-0.05, 0) is 51.9 Å². The average Bonchev–Trinajstić information content (AvgIpc) is 2.77. The van der Waals surface area contributed by atoms with Crippen molar-refractivity contribution in [2.24, 2.45) is 22.7 Å². The summed E-state index contributed by atoms with van der Waals surface area (Å²) in [6.07, 6.45) is 4.07. The van der Waals surface area contributed by atoms with Gasteiger partial charge >= 0.3 is 11.9 Å². The monoisotopic (exact) mass is 334 g/mol. The van der Waals surface area contributed by atoms with E-state index < -0.39 is 16.4 Å². The minimum Gasteiger partial charge on any atom is -0.459 e. The Balaban J connectivity index is 1.84. The number of fused-ring (bicyclic) bond motifs is 2. The van der Waals surface area contributed by atoms with E-state index in [2.05, 4.69) is 13.5 Å². The number of carbonyl (C=O) groups is 2. The first kappa shape index (κ1) is 17.5. The summed E-state index contributed by atoms with van der Waals surface area (Å²) < 4.78 is 11.6. The summed E-state index contributed by atoms with van der Waals surface area (Å²) in [6, 6.07) is 0. The Morgan fingerprint density at radius 1 is 1.25 bits per heavy atom. The Morgan fingerprint density at radius 2 is 1.92 bits per heavy atom. The molecule has 0 aromatic carbocycles. The van der Waals surface area contributed by atoms with Gasteiger partial charge in [-0.15, -0.1) is 0 Å². The fourth-order valence-electron chi connectivity index (χ4n) is 4.96. The lowest BCUT2D eigenvalue weighted by molar-refractivity contribution is -0.190. The molecule has 2 bridgehead atoms. The Labute approximate surface area is 145 Å². The number of hydrogen-bond donors (Lipinski definition) is 0. The van der Waals surface area contributed by atoms with E-state index in [9.17, 15) is 9.59 Å². The van der Waals surface area contributed by atoms with Gasteiger partial charge in [-0.1, -0.05) is 32.9 Å². The quantitative estimate of drug-likeness (QED) is 0.577. The van der Waals surface area contributed by atoms with Crippen LogP contribution in [0, 0.1) is 22.7 Å². The number of ether oxygens (including phenoxy) is 2.